The first kappa shape index (κ1) is 19.9. The predicted octanol–water partition coefficient (Wildman–Crippen LogP) is 3.12. The molecule has 0 unspecified atom stereocenters. The molecule has 2 aromatic carbocycles. The lowest BCUT2D eigenvalue weighted by atomic mass is 10.1. The number of amides is 1. The van der Waals surface area contributed by atoms with Gasteiger partial charge in [-0.3, -0.25) is 14.6 Å². The van der Waals surface area contributed by atoms with E-state index in [0.29, 0.717) is 13.1 Å². The number of hydrogen-bond acceptors (Lipinski definition) is 3. The first-order chi connectivity index (χ1) is 13.1. The first-order valence-corrected chi connectivity index (χ1v) is 9.98. The number of halogens is 1. The monoisotopic (exact) mass is 385 g/mol. The lowest BCUT2D eigenvalue weighted by Gasteiger charge is -2.34. The molecule has 0 saturated carbocycles. The Bertz CT molecular complexity index is 739. The average molecular weight is 386 g/mol. The third-order valence-electron chi connectivity index (χ3n) is 5.14. The number of aryl methyl sites for hydroxylation is 1. The van der Waals surface area contributed by atoms with Crippen LogP contribution in [0.5, 0.6) is 0 Å². The standard InChI is InChI=1S/C22H28ClN3O/c1-18-4-2-3-5-20(18)16-25-12-14-26(15-13-25)17-22(27)24-11-10-19-6-8-21(23)9-7-19/h2-9H,10-17H2,1H3,(H,24,27). The number of piperazine rings is 1. The first-order valence-electron chi connectivity index (χ1n) is 9.60. The van der Waals surface area contributed by atoms with Gasteiger partial charge in [-0.25, -0.2) is 0 Å². The van der Waals surface area contributed by atoms with Gasteiger partial charge < -0.3 is 5.32 Å². The molecule has 4 nitrogen and oxygen atoms in total. The molecule has 1 aliphatic rings. The summed E-state index contributed by atoms with van der Waals surface area (Å²) in [6.07, 6.45) is 0.827. The smallest absolute Gasteiger partial charge is 0.234 e. The van der Waals surface area contributed by atoms with Crippen LogP contribution in [0.2, 0.25) is 5.02 Å². The molecular formula is C22H28ClN3O. The second-order valence-corrected chi connectivity index (χ2v) is 7.64. The summed E-state index contributed by atoms with van der Waals surface area (Å²) in [6, 6.07) is 16.3. The van der Waals surface area contributed by atoms with Gasteiger partial charge in [-0.1, -0.05) is 48.0 Å². The molecule has 144 valence electrons. The molecule has 1 aliphatic heterocycles. The van der Waals surface area contributed by atoms with Gasteiger partial charge in [0.25, 0.3) is 0 Å². The van der Waals surface area contributed by atoms with E-state index in [0.717, 1.165) is 44.2 Å². The molecule has 3 rings (SSSR count). The molecule has 1 fully saturated rings. The van der Waals surface area contributed by atoms with Gasteiger partial charge in [0.2, 0.25) is 5.91 Å². The fourth-order valence-corrected chi connectivity index (χ4v) is 3.52. The van der Waals surface area contributed by atoms with E-state index < -0.39 is 0 Å². The van der Waals surface area contributed by atoms with Gasteiger partial charge in [0.15, 0.2) is 0 Å². The van der Waals surface area contributed by atoms with Crippen molar-refractivity contribution >= 4 is 17.5 Å². The van der Waals surface area contributed by atoms with E-state index in [1.807, 2.05) is 24.3 Å². The topological polar surface area (TPSA) is 35.6 Å². The third-order valence-corrected chi connectivity index (χ3v) is 5.39. The molecule has 0 spiro atoms. The molecule has 1 heterocycles. The molecular weight excluding hydrogens is 358 g/mol. The Balaban J connectivity index is 1.34. The van der Waals surface area contributed by atoms with Crippen LogP contribution >= 0.6 is 11.6 Å². The molecule has 1 N–H and O–H groups in total. The maximum Gasteiger partial charge on any atom is 0.234 e. The summed E-state index contributed by atoms with van der Waals surface area (Å²) in [5.74, 6) is 0.108. The summed E-state index contributed by atoms with van der Waals surface area (Å²) in [5.41, 5.74) is 3.93. The normalized spacial score (nSPS) is 15.6. The molecule has 2 aromatic rings. The van der Waals surface area contributed by atoms with E-state index in [9.17, 15) is 4.79 Å². The summed E-state index contributed by atoms with van der Waals surface area (Å²) >= 11 is 5.89. The minimum atomic E-state index is 0.108. The maximum absolute atomic E-state index is 12.2. The fourth-order valence-electron chi connectivity index (χ4n) is 3.39. The van der Waals surface area contributed by atoms with Crippen LogP contribution in [-0.4, -0.2) is 55.0 Å². The van der Waals surface area contributed by atoms with Gasteiger partial charge in [-0.15, -0.1) is 0 Å². The molecule has 0 radical (unpaired) electrons. The van der Waals surface area contributed by atoms with Crippen molar-refractivity contribution in [2.45, 2.75) is 19.9 Å². The zero-order chi connectivity index (χ0) is 19.1. The van der Waals surface area contributed by atoms with Crippen molar-refractivity contribution < 1.29 is 4.79 Å². The molecule has 1 amide bonds. The van der Waals surface area contributed by atoms with Crippen molar-refractivity contribution in [3.63, 3.8) is 0 Å². The largest absolute Gasteiger partial charge is 0.355 e. The SMILES string of the molecule is Cc1ccccc1CN1CCN(CC(=O)NCCc2ccc(Cl)cc2)CC1. The highest BCUT2D eigenvalue weighted by molar-refractivity contribution is 6.30. The van der Waals surface area contributed by atoms with Crippen LogP contribution in [0.1, 0.15) is 16.7 Å². The van der Waals surface area contributed by atoms with E-state index in [-0.39, 0.29) is 5.91 Å². The quantitative estimate of drug-likeness (QED) is 0.795. The van der Waals surface area contributed by atoms with E-state index in [2.05, 4.69) is 46.3 Å². The van der Waals surface area contributed by atoms with Gasteiger partial charge in [0, 0.05) is 44.3 Å². The van der Waals surface area contributed by atoms with Gasteiger partial charge in [0.05, 0.1) is 6.54 Å². The van der Waals surface area contributed by atoms with Crippen molar-refractivity contribution in [1.82, 2.24) is 15.1 Å². The van der Waals surface area contributed by atoms with Crippen molar-refractivity contribution in [2.24, 2.45) is 0 Å². The highest BCUT2D eigenvalue weighted by atomic mass is 35.5. The van der Waals surface area contributed by atoms with E-state index in [1.165, 1.54) is 16.7 Å². The van der Waals surface area contributed by atoms with Crippen molar-refractivity contribution in [2.75, 3.05) is 39.3 Å². The minimum Gasteiger partial charge on any atom is -0.355 e. The number of carbonyl (C=O) groups excluding carboxylic acids is 1. The van der Waals surface area contributed by atoms with E-state index >= 15 is 0 Å². The van der Waals surface area contributed by atoms with Gasteiger partial charge in [0.1, 0.15) is 0 Å². The zero-order valence-corrected chi connectivity index (χ0v) is 16.7. The Kier molecular flexibility index (Phi) is 7.27. The summed E-state index contributed by atoms with van der Waals surface area (Å²) < 4.78 is 0. The highest BCUT2D eigenvalue weighted by Gasteiger charge is 2.19. The summed E-state index contributed by atoms with van der Waals surface area (Å²) in [4.78, 5) is 16.9. The van der Waals surface area contributed by atoms with Crippen molar-refractivity contribution in [3.05, 3.63) is 70.2 Å². The van der Waals surface area contributed by atoms with E-state index in [1.54, 1.807) is 0 Å². The molecule has 27 heavy (non-hydrogen) atoms. The van der Waals surface area contributed by atoms with Crippen LogP contribution in [0.15, 0.2) is 48.5 Å². The lowest BCUT2D eigenvalue weighted by molar-refractivity contribution is -0.122. The second-order valence-electron chi connectivity index (χ2n) is 7.21. The Labute approximate surface area is 167 Å². The van der Waals surface area contributed by atoms with E-state index in [4.69, 9.17) is 11.6 Å². The Morgan fingerprint density at radius 3 is 2.37 bits per heavy atom. The fraction of sp³-hybridized carbons (Fsp3) is 0.409. The number of carbonyl (C=O) groups is 1. The number of hydrogen-bond donors (Lipinski definition) is 1. The summed E-state index contributed by atoms with van der Waals surface area (Å²) in [7, 11) is 0. The van der Waals surface area contributed by atoms with Crippen LogP contribution in [-0.2, 0) is 17.8 Å². The van der Waals surface area contributed by atoms with Gasteiger partial charge in [-0.2, -0.15) is 0 Å². The molecule has 0 bridgehead atoms. The predicted molar refractivity (Wildman–Crippen MR) is 111 cm³/mol. The van der Waals surface area contributed by atoms with Crippen LogP contribution in [0, 0.1) is 6.92 Å². The van der Waals surface area contributed by atoms with Crippen LogP contribution in [0.3, 0.4) is 0 Å². The van der Waals surface area contributed by atoms with Gasteiger partial charge >= 0.3 is 0 Å². The van der Waals surface area contributed by atoms with Crippen molar-refractivity contribution in [1.29, 1.82) is 0 Å². The lowest BCUT2D eigenvalue weighted by Crippen LogP contribution is -2.49. The molecule has 1 saturated heterocycles. The third kappa shape index (κ3) is 6.35. The second kappa shape index (κ2) is 9.88. The maximum atomic E-state index is 12.2. The Morgan fingerprint density at radius 2 is 1.67 bits per heavy atom. The van der Waals surface area contributed by atoms with Crippen LogP contribution in [0.25, 0.3) is 0 Å². The number of rotatable bonds is 7. The van der Waals surface area contributed by atoms with Crippen LogP contribution < -0.4 is 5.32 Å². The summed E-state index contributed by atoms with van der Waals surface area (Å²) in [6.45, 7) is 8.20. The number of nitrogens with one attached hydrogen (secondary N) is 1. The minimum absolute atomic E-state index is 0.108. The zero-order valence-electron chi connectivity index (χ0n) is 16.0. The van der Waals surface area contributed by atoms with Gasteiger partial charge in [-0.05, 0) is 42.2 Å². The molecule has 0 atom stereocenters. The molecule has 0 aliphatic carbocycles. The summed E-state index contributed by atoms with van der Waals surface area (Å²) in [5, 5.41) is 3.76. The highest BCUT2D eigenvalue weighted by Crippen LogP contribution is 2.12. The average Bonchev–Trinajstić information content (AvgIpc) is 2.67. The Morgan fingerprint density at radius 1 is 1.00 bits per heavy atom. The molecule has 0 aromatic heterocycles. The number of benzene rings is 2. The molecule has 5 heteroatoms. The van der Waals surface area contributed by atoms with Crippen molar-refractivity contribution in [3.8, 4) is 0 Å². The van der Waals surface area contributed by atoms with Crippen LogP contribution in [0.4, 0.5) is 0 Å². The number of nitrogens with zero attached hydrogens (tertiary/aromatic N) is 2. The Hall–Kier alpha value is -1.88.